The summed E-state index contributed by atoms with van der Waals surface area (Å²) in [6, 6.07) is 12.2. The van der Waals surface area contributed by atoms with Crippen LogP contribution in [0.1, 0.15) is 12.5 Å². The summed E-state index contributed by atoms with van der Waals surface area (Å²) in [5.41, 5.74) is 0.549. The number of nitrogens with zero attached hydrogens (tertiary/aromatic N) is 1. The molecule has 0 spiro atoms. The quantitative estimate of drug-likeness (QED) is 0.493. The molecule has 3 rings (SSSR count). The predicted molar refractivity (Wildman–Crippen MR) is 99.4 cm³/mol. The molecule has 0 saturated heterocycles. The molecule has 26 heavy (non-hydrogen) atoms. The van der Waals surface area contributed by atoms with E-state index in [9.17, 15) is 13.2 Å². The maximum atomic E-state index is 14.5. The van der Waals surface area contributed by atoms with Crippen LogP contribution in [0.15, 0.2) is 48.5 Å². The van der Waals surface area contributed by atoms with E-state index < -0.39 is 11.6 Å². The lowest BCUT2D eigenvalue weighted by atomic mass is 10.1. The Morgan fingerprint density at radius 3 is 2.31 bits per heavy atom. The molecular formula is C20H18F3N3. The lowest BCUT2D eigenvalue weighted by molar-refractivity contribution is 0.575. The molecule has 0 aliphatic heterocycles. The Bertz CT molecular complexity index is 985. The Hall–Kier alpha value is -3.02. The lowest BCUT2D eigenvalue weighted by Gasteiger charge is -2.23. The molecule has 0 fully saturated rings. The topological polar surface area (TPSA) is 39.1 Å². The summed E-state index contributed by atoms with van der Waals surface area (Å²) in [6.07, 6.45) is 0.413. The number of guanidine groups is 1. The third-order valence-electron chi connectivity index (χ3n) is 4.32. The molecule has 0 aliphatic rings. The maximum absolute atomic E-state index is 14.5. The van der Waals surface area contributed by atoms with Gasteiger partial charge in [-0.05, 0) is 30.2 Å². The first kappa shape index (κ1) is 17.8. The predicted octanol–water partition coefficient (Wildman–Crippen LogP) is 5.30. The normalized spacial score (nSPS) is 10.8. The molecule has 134 valence electrons. The first-order chi connectivity index (χ1) is 12.4. The van der Waals surface area contributed by atoms with Gasteiger partial charge in [0.25, 0.3) is 0 Å². The van der Waals surface area contributed by atoms with Crippen molar-refractivity contribution < 1.29 is 13.2 Å². The second-order valence-corrected chi connectivity index (χ2v) is 5.90. The number of anilines is 2. The molecule has 3 nitrogen and oxygen atoms in total. The van der Waals surface area contributed by atoms with Crippen LogP contribution in [0.4, 0.5) is 24.5 Å². The lowest BCUT2D eigenvalue weighted by Crippen LogP contribution is -2.33. The SMILES string of the molecule is CCc1ccc(F)c(N(C)C(=N)Nc2ccc(F)c3ccccc23)c1F. The average molecular weight is 357 g/mol. The molecule has 6 heteroatoms. The van der Waals surface area contributed by atoms with Crippen molar-refractivity contribution in [2.75, 3.05) is 17.3 Å². The number of halogens is 3. The fourth-order valence-electron chi connectivity index (χ4n) is 2.86. The van der Waals surface area contributed by atoms with Gasteiger partial charge >= 0.3 is 0 Å². The fourth-order valence-corrected chi connectivity index (χ4v) is 2.86. The summed E-state index contributed by atoms with van der Waals surface area (Å²) in [7, 11) is 1.40. The Morgan fingerprint density at radius 1 is 0.962 bits per heavy atom. The molecule has 0 radical (unpaired) electrons. The van der Waals surface area contributed by atoms with Crippen LogP contribution in [0.3, 0.4) is 0 Å². The van der Waals surface area contributed by atoms with E-state index in [4.69, 9.17) is 5.41 Å². The first-order valence-electron chi connectivity index (χ1n) is 8.17. The van der Waals surface area contributed by atoms with E-state index in [2.05, 4.69) is 5.32 Å². The number of benzene rings is 3. The summed E-state index contributed by atoms with van der Waals surface area (Å²) in [4.78, 5) is 1.10. The minimum atomic E-state index is -0.752. The highest BCUT2D eigenvalue weighted by atomic mass is 19.1. The van der Waals surface area contributed by atoms with Crippen molar-refractivity contribution in [3.05, 3.63) is 71.5 Å². The number of fused-ring (bicyclic) bond motifs is 1. The van der Waals surface area contributed by atoms with Crippen LogP contribution < -0.4 is 10.2 Å². The summed E-state index contributed by atoms with van der Waals surface area (Å²) in [5, 5.41) is 12.0. The van der Waals surface area contributed by atoms with Crippen molar-refractivity contribution in [3.8, 4) is 0 Å². The minimum Gasteiger partial charge on any atom is -0.326 e. The number of rotatable bonds is 3. The van der Waals surface area contributed by atoms with Crippen molar-refractivity contribution in [1.82, 2.24) is 0 Å². The molecule has 2 N–H and O–H groups in total. The summed E-state index contributed by atoms with van der Waals surface area (Å²) in [5.74, 6) is -2.05. The van der Waals surface area contributed by atoms with Gasteiger partial charge in [0.15, 0.2) is 11.8 Å². The van der Waals surface area contributed by atoms with Crippen molar-refractivity contribution in [2.45, 2.75) is 13.3 Å². The van der Waals surface area contributed by atoms with Gasteiger partial charge in [0, 0.05) is 23.5 Å². The van der Waals surface area contributed by atoms with Crippen molar-refractivity contribution in [1.29, 1.82) is 5.41 Å². The van der Waals surface area contributed by atoms with Gasteiger partial charge in [-0.3, -0.25) is 5.41 Å². The van der Waals surface area contributed by atoms with Gasteiger partial charge in [0.05, 0.1) is 0 Å². The van der Waals surface area contributed by atoms with E-state index in [-0.39, 0.29) is 17.5 Å². The minimum absolute atomic E-state index is 0.229. The highest BCUT2D eigenvalue weighted by Gasteiger charge is 2.20. The number of hydrogen-bond acceptors (Lipinski definition) is 1. The van der Waals surface area contributed by atoms with Gasteiger partial charge in [0.1, 0.15) is 17.3 Å². The highest BCUT2D eigenvalue weighted by Crippen LogP contribution is 2.28. The van der Waals surface area contributed by atoms with Crippen molar-refractivity contribution >= 4 is 28.1 Å². The zero-order chi connectivity index (χ0) is 18.8. The van der Waals surface area contributed by atoms with E-state index in [1.54, 1.807) is 31.2 Å². The maximum Gasteiger partial charge on any atom is 0.200 e. The molecule has 0 saturated carbocycles. The third-order valence-corrected chi connectivity index (χ3v) is 4.32. The molecule has 0 atom stereocenters. The second kappa shape index (κ2) is 7.07. The molecule has 0 amide bonds. The average Bonchev–Trinajstić information content (AvgIpc) is 2.64. The van der Waals surface area contributed by atoms with E-state index >= 15 is 0 Å². The van der Waals surface area contributed by atoms with Gasteiger partial charge < -0.3 is 10.2 Å². The number of aryl methyl sites for hydroxylation is 1. The van der Waals surface area contributed by atoms with Crippen molar-refractivity contribution in [3.63, 3.8) is 0 Å². The van der Waals surface area contributed by atoms with Gasteiger partial charge in [-0.25, -0.2) is 13.2 Å². The zero-order valence-electron chi connectivity index (χ0n) is 14.4. The largest absolute Gasteiger partial charge is 0.326 e. The van der Waals surface area contributed by atoms with Crippen LogP contribution in [-0.2, 0) is 6.42 Å². The number of hydrogen-bond donors (Lipinski definition) is 2. The second-order valence-electron chi connectivity index (χ2n) is 5.90. The summed E-state index contributed by atoms with van der Waals surface area (Å²) >= 11 is 0. The van der Waals surface area contributed by atoms with Crippen LogP contribution >= 0.6 is 0 Å². The Labute approximate surface area is 149 Å². The van der Waals surface area contributed by atoms with Gasteiger partial charge in [-0.1, -0.05) is 37.3 Å². The standard InChI is InChI=1S/C20H18F3N3/c1-3-12-8-9-16(22)19(18(12)23)26(2)20(24)25-17-11-10-15(21)13-6-4-5-7-14(13)17/h4-11H,3H2,1-2H3,(H2,24,25). The van der Waals surface area contributed by atoms with Crippen molar-refractivity contribution in [2.24, 2.45) is 0 Å². The molecule has 3 aromatic rings. The smallest absolute Gasteiger partial charge is 0.200 e. The van der Waals surface area contributed by atoms with Crippen LogP contribution in [0.5, 0.6) is 0 Å². The highest BCUT2D eigenvalue weighted by molar-refractivity contribution is 6.08. The van der Waals surface area contributed by atoms with Gasteiger partial charge in [-0.2, -0.15) is 0 Å². The Morgan fingerprint density at radius 2 is 1.62 bits per heavy atom. The van der Waals surface area contributed by atoms with Crippen LogP contribution in [0.2, 0.25) is 0 Å². The summed E-state index contributed by atoms with van der Waals surface area (Å²) in [6.45, 7) is 1.77. The fraction of sp³-hybridized carbons (Fsp3) is 0.150. The van der Waals surface area contributed by atoms with E-state index in [1.165, 1.54) is 31.3 Å². The zero-order valence-corrected chi connectivity index (χ0v) is 14.4. The van der Waals surface area contributed by atoms with Crippen LogP contribution in [0.25, 0.3) is 10.8 Å². The number of nitrogens with one attached hydrogen (secondary N) is 2. The van der Waals surface area contributed by atoms with E-state index in [0.717, 1.165) is 4.90 Å². The molecular weight excluding hydrogens is 339 g/mol. The summed E-state index contributed by atoms with van der Waals surface area (Å²) < 4.78 is 42.6. The Balaban J connectivity index is 1.96. The molecule has 0 bridgehead atoms. The molecule has 0 aliphatic carbocycles. The van der Waals surface area contributed by atoms with E-state index in [0.29, 0.717) is 28.4 Å². The van der Waals surface area contributed by atoms with Gasteiger partial charge in [0.2, 0.25) is 0 Å². The molecule has 0 heterocycles. The van der Waals surface area contributed by atoms with Crippen LogP contribution in [0, 0.1) is 22.9 Å². The molecule has 3 aromatic carbocycles. The monoisotopic (exact) mass is 357 g/mol. The van der Waals surface area contributed by atoms with Gasteiger partial charge in [-0.15, -0.1) is 0 Å². The van der Waals surface area contributed by atoms with Crippen LogP contribution in [-0.4, -0.2) is 13.0 Å². The first-order valence-corrected chi connectivity index (χ1v) is 8.17. The third kappa shape index (κ3) is 3.10. The Kier molecular flexibility index (Phi) is 4.84. The molecule has 0 unspecified atom stereocenters. The molecule has 0 aromatic heterocycles. The van der Waals surface area contributed by atoms with E-state index in [1.807, 2.05) is 0 Å².